The van der Waals surface area contributed by atoms with E-state index in [0.29, 0.717) is 11.6 Å². The molecule has 96 valence electrons. The summed E-state index contributed by atoms with van der Waals surface area (Å²) in [7, 11) is 1.89. The molecule has 0 saturated carbocycles. The number of rotatable bonds is 3. The van der Waals surface area contributed by atoms with Crippen LogP contribution >= 0.6 is 15.9 Å². The number of halogens is 1. The van der Waals surface area contributed by atoms with Gasteiger partial charge in [0.05, 0.1) is 11.4 Å². The summed E-state index contributed by atoms with van der Waals surface area (Å²) in [4.78, 5) is 0. The van der Waals surface area contributed by atoms with Crippen molar-refractivity contribution < 1.29 is 0 Å². The average Bonchev–Trinajstić information content (AvgIpc) is 2.57. The van der Waals surface area contributed by atoms with Crippen LogP contribution in [0.1, 0.15) is 25.5 Å². The van der Waals surface area contributed by atoms with E-state index < -0.39 is 0 Å². The summed E-state index contributed by atoms with van der Waals surface area (Å²) in [6.45, 7) is 4.17. The van der Waals surface area contributed by atoms with Gasteiger partial charge in [0.2, 0.25) is 0 Å². The molecule has 18 heavy (non-hydrogen) atoms. The van der Waals surface area contributed by atoms with Crippen molar-refractivity contribution in [2.75, 3.05) is 11.1 Å². The Labute approximate surface area is 115 Å². The number of nitrogens with zero attached hydrogens (tertiary/aromatic N) is 2. The molecule has 0 amide bonds. The largest absolute Gasteiger partial charge is 0.394 e. The van der Waals surface area contributed by atoms with Gasteiger partial charge >= 0.3 is 0 Å². The van der Waals surface area contributed by atoms with Gasteiger partial charge in [-0.15, -0.1) is 0 Å². The summed E-state index contributed by atoms with van der Waals surface area (Å²) >= 11 is 3.45. The molecule has 0 aliphatic carbocycles. The molecule has 0 unspecified atom stereocenters. The van der Waals surface area contributed by atoms with Crippen molar-refractivity contribution in [2.24, 2.45) is 7.05 Å². The number of nitrogens with one attached hydrogen (secondary N) is 1. The topological polar surface area (TPSA) is 55.9 Å². The monoisotopic (exact) mass is 308 g/mol. The minimum atomic E-state index is 0.314. The molecule has 0 atom stereocenters. The second-order valence-corrected chi connectivity index (χ2v) is 5.48. The number of nitrogen functional groups attached to an aromatic ring is 1. The van der Waals surface area contributed by atoms with Crippen molar-refractivity contribution in [3.8, 4) is 0 Å². The summed E-state index contributed by atoms with van der Waals surface area (Å²) in [6, 6.07) is 7.95. The van der Waals surface area contributed by atoms with E-state index in [-0.39, 0.29) is 0 Å². The molecule has 2 aromatic rings. The molecular weight excluding hydrogens is 292 g/mol. The first-order chi connectivity index (χ1) is 8.49. The van der Waals surface area contributed by atoms with Crippen molar-refractivity contribution in [1.29, 1.82) is 0 Å². The van der Waals surface area contributed by atoms with Gasteiger partial charge in [-0.1, -0.05) is 35.8 Å². The minimum absolute atomic E-state index is 0.314. The molecule has 0 radical (unpaired) electrons. The van der Waals surface area contributed by atoms with E-state index in [1.807, 2.05) is 31.3 Å². The summed E-state index contributed by atoms with van der Waals surface area (Å²) in [5, 5.41) is 7.75. The third kappa shape index (κ3) is 2.51. The third-order valence-corrected chi connectivity index (χ3v) is 3.24. The fraction of sp³-hybridized carbons (Fsp3) is 0.308. The lowest BCUT2D eigenvalue weighted by Crippen LogP contribution is -2.01. The number of anilines is 3. The lowest BCUT2D eigenvalue weighted by atomic mass is 10.1. The summed E-state index contributed by atoms with van der Waals surface area (Å²) < 4.78 is 2.81. The normalized spacial score (nSPS) is 10.9. The minimum Gasteiger partial charge on any atom is -0.394 e. The van der Waals surface area contributed by atoms with Crippen molar-refractivity contribution in [1.82, 2.24) is 9.78 Å². The lowest BCUT2D eigenvalue weighted by Gasteiger charge is -2.08. The molecule has 0 aliphatic rings. The third-order valence-electron chi connectivity index (χ3n) is 2.75. The number of benzene rings is 1. The molecule has 5 heteroatoms. The van der Waals surface area contributed by atoms with Gasteiger partial charge in [0, 0.05) is 17.2 Å². The maximum atomic E-state index is 6.13. The van der Waals surface area contributed by atoms with Gasteiger partial charge in [-0.2, -0.15) is 5.10 Å². The van der Waals surface area contributed by atoms with Crippen LogP contribution in [0.5, 0.6) is 0 Å². The summed E-state index contributed by atoms with van der Waals surface area (Å²) in [6.07, 6.45) is 0. The van der Waals surface area contributed by atoms with Crippen LogP contribution in [0.15, 0.2) is 28.7 Å². The smallest absolute Gasteiger partial charge is 0.152 e. The Morgan fingerprint density at radius 3 is 2.67 bits per heavy atom. The fourth-order valence-electron chi connectivity index (χ4n) is 1.84. The van der Waals surface area contributed by atoms with E-state index in [1.54, 1.807) is 4.68 Å². The highest BCUT2D eigenvalue weighted by Gasteiger charge is 2.15. The molecule has 1 aromatic carbocycles. The van der Waals surface area contributed by atoms with Crippen LogP contribution in [-0.2, 0) is 7.05 Å². The molecule has 2 rings (SSSR count). The zero-order valence-electron chi connectivity index (χ0n) is 10.7. The van der Waals surface area contributed by atoms with Crippen LogP contribution in [0.2, 0.25) is 0 Å². The second-order valence-electron chi connectivity index (χ2n) is 4.56. The highest BCUT2D eigenvalue weighted by atomic mass is 79.9. The van der Waals surface area contributed by atoms with Crippen LogP contribution in [0, 0.1) is 0 Å². The van der Waals surface area contributed by atoms with Gasteiger partial charge in [-0.05, 0) is 24.1 Å². The number of aryl methyl sites for hydroxylation is 1. The van der Waals surface area contributed by atoms with Gasteiger partial charge < -0.3 is 11.1 Å². The lowest BCUT2D eigenvalue weighted by molar-refractivity contribution is 0.718. The van der Waals surface area contributed by atoms with Crippen LogP contribution in [0.3, 0.4) is 0 Å². The fourth-order valence-corrected chi connectivity index (χ4v) is 2.24. The van der Waals surface area contributed by atoms with Gasteiger partial charge in [0.1, 0.15) is 0 Å². The Morgan fingerprint density at radius 2 is 2.11 bits per heavy atom. The van der Waals surface area contributed by atoms with Gasteiger partial charge in [0.15, 0.2) is 5.82 Å². The van der Waals surface area contributed by atoms with Crippen LogP contribution in [0.25, 0.3) is 0 Å². The number of hydrogen-bond donors (Lipinski definition) is 2. The standard InChI is InChI=1S/C13H17BrN4/c1-8(2)12-11(15)13(18(3)17-12)16-10-6-4-5-9(14)7-10/h4-8,16H,15H2,1-3H3. The van der Waals surface area contributed by atoms with E-state index in [4.69, 9.17) is 5.73 Å². The predicted molar refractivity (Wildman–Crippen MR) is 79.1 cm³/mol. The maximum absolute atomic E-state index is 6.13. The van der Waals surface area contributed by atoms with E-state index >= 15 is 0 Å². The van der Waals surface area contributed by atoms with Crippen LogP contribution in [0.4, 0.5) is 17.2 Å². The second kappa shape index (κ2) is 5.02. The molecule has 0 spiro atoms. The van der Waals surface area contributed by atoms with Crippen molar-refractivity contribution in [3.05, 3.63) is 34.4 Å². The zero-order valence-corrected chi connectivity index (χ0v) is 12.3. The van der Waals surface area contributed by atoms with Gasteiger partial charge in [-0.25, -0.2) is 0 Å². The molecule has 0 aliphatic heterocycles. The van der Waals surface area contributed by atoms with Crippen LogP contribution < -0.4 is 11.1 Å². The SMILES string of the molecule is CC(C)c1nn(C)c(Nc2cccc(Br)c2)c1N. The Hall–Kier alpha value is -1.49. The van der Waals surface area contributed by atoms with Crippen molar-refractivity contribution >= 4 is 33.1 Å². The molecule has 1 heterocycles. The molecule has 1 aromatic heterocycles. The number of nitrogens with two attached hydrogens (primary N) is 1. The Bertz CT molecular complexity index is 560. The molecule has 3 N–H and O–H groups in total. The van der Waals surface area contributed by atoms with E-state index in [1.165, 1.54) is 0 Å². The summed E-state index contributed by atoms with van der Waals surface area (Å²) in [5.74, 6) is 1.14. The molecule has 4 nitrogen and oxygen atoms in total. The van der Waals surface area contributed by atoms with Crippen molar-refractivity contribution in [2.45, 2.75) is 19.8 Å². The first kappa shape index (κ1) is 13.0. The Kier molecular flexibility index (Phi) is 3.61. The summed E-state index contributed by atoms with van der Waals surface area (Å²) in [5.41, 5.74) is 8.76. The molecular formula is C13H17BrN4. The van der Waals surface area contributed by atoms with Crippen molar-refractivity contribution in [3.63, 3.8) is 0 Å². The maximum Gasteiger partial charge on any atom is 0.152 e. The molecule has 0 fully saturated rings. The first-order valence-electron chi connectivity index (χ1n) is 5.84. The number of aromatic nitrogens is 2. The molecule has 0 bridgehead atoms. The quantitative estimate of drug-likeness (QED) is 0.910. The molecule has 0 saturated heterocycles. The van der Waals surface area contributed by atoms with Crippen LogP contribution in [-0.4, -0.2) is 9.78 Å². The highest BCUT2D eigenvalue weighted by molar-refractivity contribution is 9.10. The van der Waals surface area contributed by atoms with E-state index in [2.05, 4.69) is 40.2 Å². The highest BCUT2D eigenvalue weighted by Crippen LogP contribution is 2.30. The number of hydrogen-bond acceptors (Lipinski definition) is 3. The first-order valence-corrected chi connectivity index (χ1v) is 6.63. The zero-order chi connectivity index (χ0) is 13.3. The van der Waals surface area contributed by atoms with Gasteiger partial charge in [-0.3, -0.25) is 4.68 Å². The van der Waals surface area contributed by atoms with E-state index in [9.17, 15) is 0 Å². The Balaban J connectivity index is 2.35. The average molecular weight is 309 g/mol. The Morgan fingerprint density at radius 1 is 1.39 bits per heavy atom. The van der Waals surface area contributed by atoms with Gasteiger partial charge in [0.25, 0.3) is 0 Å². The van der Waals surface area contributed by atoms with E-state index in [0.717, 1.165) is 21.7 Å². The predicted octanol–water partition coefficient (Wildman–Crippen LogP) is 3.63.